The molecule has 0 aromatic heterocycles. The number of likely N-dealkylation sites (tertiary alicyclic amines) is 1. The van der Waals surface area contributed by atoms with Gasteiger partial charge in [0, 0.05) is 6.54 Å². The maximum Gasteiger partial charge on any atom is 0.240 e. The van der Waals surface area contributed by atoms with E-state index in [9.17, 15) is 12.8 Å². The van der Waals surface area contributed by atoms with Crippen LogP contribution in [0.1, 0.15) is 19.8 Å². The highest BCUT2D eigenvalue weighted by Crippen LogP contribution is 2.19. The Balaban J connectivity index is 1.94. The van der Waals surface area contributed by atoms with Crippen LogP contribution in [0.2, 0.25) is 0 Å². The first-order valence-electron chi connectivity index (χ1n) is 7.19. The highest BCUT2D eigenvalue weighted by molar-refractivity contribution is 7.89. The summed E-state index contributed by atoms with van der Waals surface area (Å²) in [4.78, 5) is 2.26. The highest BCUT2D eigenvalue weighted by atomic mass is 32.2. The molecule has 118 valence electrons. The van der Waals surface area contributed by atoms with Gasteiger partial charge >= 0.3 is 0 Å². The van der Waals surface area contributed by atoms with Gasteiger partial charge in [-0.15, -0.1) is 0 Å². The van der Waals surface area contributed by atoms with Gasteiger partial charge in [-0.2, -0.15) is 0 Å². The van der Waals surface area contributed by atoms with Gasteiger partial charge in [0.25, 0.3) is 0 Å². The minimum Gasteiger partial charge on any atom is -0.396 e. The minimum atomic E-state index is -3.68. The number of rotatable bonds is 5. The molecular weight excluding hydrogens is 293 g/mol. The summed E-state index contributed by atoms with van der Waals surface area (Å²) in [5.74, 6) is -0.379. The smallest absolute Gasteiger partial charge is 0.240 e. The molecule has 7 heteroatoms. The quantitative estimate of drug-likeness (QED) is 0.806. The Bertz CT molecular complexity index is 584. The van der Waals surface area contributed by atoms with Crippen molar-refractivity contribution < 1.29 is 12.8 Å². The average Bonchev–Trinajstić information content (AvgIpc) is 2.48. The van der Waals surface area contributed by atoms with Gasteiger partial charge in [0.05, 0.1) is 10.6 Å². The number of sulfonamides is 1. The lowest BCUT2D eigenvalue weighted by atomic mass is 9.97. The predicted molar refractivity (Wildman–Crippen MR) is 80.8 cm³/mol. The van der Waals surface area contributed by atoms with Crippen molar-refractivity contribution in [2.75, 3.05) is 31.9 Å². The Kier molecular flexibility index (Phi) is 5.18. The largest absolute Gasteiger partial charge is 0.396 e. The molecule has 3 N–H and O–H groups in total. The first kappa shape index (κ1) is 16.2. The molecule has 1 fully saturated rings. The number of benzene rings is 1. The molecule has 1 aliphatic rings. The Morgan fingerprint density at radius 2 is 2.05 bits per heavy atom. The van der Waals surface area contributed by atoms with Gasteiger partial charge in [-0.1, -0.05) is 6.92 Å². The fourth-order valence-electron chi connectivity index (χ4n) is 2.49. The van der Waals surface area contributed by atoms with E-state index in [0.29, 0.717) is 12.5 Å². The van der Waals surface area contributed by atoms with E-state index >= 15 is 0 Å². The van der Waals surface area contributed by atoms with Gasteiger partial charge in [-0.3, -0.25) is 0 Å². The van der Waals surface area contributed by atoms with Gasteiger partial charge in [-0.25, -0.2) is 17.5 Å². The Labute approximate surface area is 125 Å². The fourth-order valence-corrected chi connectivity index (χ4v) is 3.62. The summed E-state index contributed by atoms with van der Waals surface area (Å²) in [6.45, 7) is 5.55. The van der Waals surface area contributed by atoms with E-state index in [4.69, 9.17) is 5.73 Å². The van der Waals surface area contributed by atoms with Crippen LogP contribution in [0.4, 0.5) is 10.1 Å². The van der Waals surface area contributed by atoms with E-state index in [1.165, 1.54) is 12.1 Å². The second-order valence-electron chi connectivity index (χ2n) is 5.41. The van der Waals surface area contributed by atoms with Crippen LogP contribution in [-0.2, 0) is 10.0 Å². The molecule has 0 bridgehead atoms. The SMILES string of the molecule is CCN1CCC(CNS(=O)(=O)c2ccc(N)c(F)c2)CC1. The van der Waals surface area contributed by atoms with E-state index in [1.807, 2.05) is 0 Å². The maximum atomic E-state index is 13.4. The molecule has 0 spiro atoms. The van der Waals surface area contributed by atoms with E-state index < -0.39 is 15.8 Å². The van der Waals surface area contributed by atoms with Gasteiger partial charge in [0.2, 0.25) is 10.0 Å². The fraction of sp³-hybridized carbons (Fsp3) is 0.571. The van der Waals surface area contributed by atoms with Crippen LogP contribution >= 0.6 is 0 Å². The molecule has 2 rings (SSSR count). The van der Waals surface area contributed by atoms with E-state index in [2.05, 4.69) is 16.5 Å². The number of piperidine rings is 1. The predicted octanol–water partition coefficient (Wildman–Crippen LogP) is 1.42. The molecule has 0 atom stereocenters. The topological polar surface area (TPSA) is 75.4 Å². The number of hydrogen-bond donors (Lipinski definition) is 2. The summed E-state index contributed by atoms with van der Waals surface area (Å²) < 4.78 is 40.2. The summed E-state index contributed by atoms with van der Waals surface area (Å²) >= 11 is 0. The molecule has 0 radical (unpaired) electrons. The van der Waals surface area contributed by atoms with Crippen LogP contribution in [0, 0.1) is 11.7 Å². The summed E-state index contributed by atoms with van der Waals surface area (Å²) in [6.07, 6.45) is 1.96. The van der Waals surface area contributed by atoms with Crippen molar-refractivity contribution in [3.05, 3.63) is 24.0 Å². The summed E-state index contributed by atoms with van der Waals surface area (Å²) in [6, 6.07) is 3.54. The van der Waals surface area contributed by atoms with Crippen molar-refractivity contribution in [3.63, 3.8) is 0 Å². The second-order valence-corrected chi connectivity index (χ2v) is 7.18. The molecule has 1 aliphatic heterocycles. The van der Waals surface area contributed by atoms with Crippen molar-refractivity contribution in [2.45, 2.75) is 24.7 Å². The molecule has 1 heterocycles. The summed E-state index contributed by atoms with van der Waals surface area (Å²) in [5, 5.41) is 0. The van der Waals surface area contributed by atoms with Crippen LogP contribution in [0.3, 0.4) is 0 Å². The van der Waals surface area contributed by atoms with E-state index in [-0.39, 0.29) is 10.6 Å². The summed E-state index contributed by atoms with van der Waals surface area (Å²) in [5.41, 5.74) is 5.30. The molecule has 1 saturated heterocycles. The average molecular weight is 315 g/mol. The zero-order valence-corrected chi connectivity index (χ0v) is 13.0. The number of nitrogens with two attached hydrogens (primary N) is 1. The molecule has 5 nitrogen and oxygen atoms in total. The Morgan fingerprint density at radius 1 is 1.38 bits per heavy atom. The number of nitrogen functional groups attached to an aromatic ring is 1. The number of nitrogens with one attached hydrogen (secondary N) is 1. The van der Waals surface area contributed by atoms with Crippen molar-refractivity contribution in [1.29, 1.82) is 0 Å². The second kappa shape index (κ2) is 6.72. The normalized spacial score (nSPS) is 18.0. The lowest BCUT2D eigenvalue weighted by Gasteiger charge is -2.30. The third-order valence-electron chi connectivity index (χ3n) is 4.00. The highest BCUT2D eigenvalue weighted by Gasteiger charge is 2.21. The van der Waals surface area contributed by atoms with Crippen LogP contribution < -0.4 is 10.5 Å². The van der Waals surface area contributed by atoms with Gasteiger partial charge in [0.1, 0.15) is 5.82 Å². The van der Waals surface area contributed by atoms with Crippen molar-refractivity contribution in [1.82, 2.24) is 9.62 Å². The lowest BCUT2D eigenvalue weighted by molar-refractivity contribution is 0.194. The van der Waals surface area contributed by atoms with Crippen LogP contribution in [0.5, 0.6) is 0 Å². The molecule has 1 aromatic carbocycles. The van der Waals surface area contributed by atoms with Gasteiger partial charge < -0.3 is 10.6 Å². The maximum absolute atomic E-state index is 13.4. The van der Waals surface area contributed by atoms with Crippen LogP contribution in [-0.4, -0.2) is 39.5 Å². The molecule has 0 unspecified atom stereocenters. The number of anilines is 1. The van der Waals surface area contributed by atoms with Crippen molar-refractivity contribution in [2.24, 2.45) is 5.92 Å². The summed E-state index contributed by atoms with van der Waals surface area (Å²) in [7, 11) is -3.68. The van der Waals surface area contributed by atoms with E-state index in [1.54, 1.807) is 0 Å². The molecular formula is C14H22FN3O2S. The Hall–Kier alpha value is -1.18. The molecule has 1 aromatic rings. The lowest BCUT2D eigenvalue weighted by Crippen LogP contribution is -2.38. The van der Waals surface area contributed by atoms with Gasteiger partial charge in [-0.05, 0) is 56.6 Å². The van der Waals surface area contributed by atoms with Crippen LogP contribution in [0.15, 0.2) is 23.1 Å². The number of halogens is 1. The zero-order valence-electron chi connectivity index (χ0n) is 12.2. The van der Waals surface area contributed by atoms with Crippen molar-refractivity contribution in [3.8, 4) is 0 Å². The van der Waals surface area contributed by atoms with E-state index in [0.717, 1.165) is 38.5 Å². The minimum absolute atomic E-state index is 0.0547. The van der Waals surface area contributed by atoms with Gasteiger partial charge in [0.15, 0.2) is 0 Å². The Morgan fingerprint density at radius 3 is 2.62 bits per heavy atom. The molecule has 0 aliphatic carbocycles. The van der Waals surface area contributed by atoms with Crippen LogP contribution in [0.25, 0.3) is 0 Å². The monoisotopic (exact) mass is 315 g/mol. The molecule has 0 amide bonds. The zero-order chi connectivity index (χ0) is 15.5. The third-order valence-corrected chi connectivity index (χ3v) is 5.42. The first-order chi connectivity index (χ1) is 9.92. The number of hydrogen-bond acceptors (Lipinski definition) is 4. The number of nitrogens with zero attached hydrogens (tertiary/aromatic N) is 1. The first-order valence-corrected chi connectivity index (χ1v) is 8.67. The molecule has 21 heavy (non-hydrogen) atoms. The third kappa shape index (κ3) is 4.15. The molecule has 0 saturated carbocycles. The standard InChI is InChI=1S/C14H22FN3O2S/c1-2-18-7-5-11(6-8-18)10-17-21(19,20)12-3-4-14(16)13(15)9-12/h3-4,9,11,17H,2,5-8,10,16H2,1H3. The van der Waals surface area contributed by atoms with Crippen molar-refractivity contribution >= 4 is 15.7 Å².